The van der Waals surface area contributed by atoms with Crippen LogP contribution in [0.1, 0.15) is 18.7 Å². The maximum Gasteiger partial charge on any atom is 0.169 e. The predicted molar refractivity (Wildman–Crippen MR) is 82.3 cm³/mol. The summed E-state index contributed by atoms with van der Waals surface area (Å²) in [5.41, 5.74) is 0.986. The molecular formula is C15H18BrNO3. The molecule has 0 spiro atoms. The van der Waals surface area contributed by atoms with Crippen molar-refractivity contribution in [3.63, 3.8) is 0 Å². The number of hydrogen-bond acceptors (Lipinski definition) is 4. The van der Waals surface area contributed by atoms with Crippen LogP contribution in [0.3, 0.4) is 0 Å². The van der Waals surface area contributed by atoms with E-state index in [1.54, 1.807) is 7.11 Å². The Morgan fingerprint density at radius 1 is 1.25 bits per heavy atom. The second-order valence-corrected chi connectivity index (χ2v) is 5.16. The van der Waals surface area contributed by atoms with E-state index < -0.39 is 0 Å². The summed E-state index contributed by atoms with van der Waals surface area (Å²) in [6, 6.07) is 11.8. The summed E-state index contributed by atoms with van der Waals surface area (Å²) in [7, 11) is 1.66. The molecule has 1 atom stereocenters. The van der Waals surface area contributed by atoms with E-state index in [1.807, 2.05) is 43.3 Å². The number of halogens is 1. The van der Waals surface area contributed by atoms with E-state index in [1.165, 1.54) is 0 Å². The van der Waals surface area contributed by atoms with Gasteiger partial charge in [-0.05, 0) is 47.1 Å². The van der Waals surface area contributed by atoms with Gasteiger partial charge in [0.25, 0.3) is 0 Å². The minimum absolute atomic E-state index is 0.0792. The van der Waals surface area contributed by atoms with Crippen LogP contribution >= 0.6 is 15.9 Å². The second kappa shape index (κ2) is 7.36. The standard InChI is InChI=1S/C15H18BrNO3/c1-11(14-6-7-15(16)20-14)17-12-4-3-5-13(10-12)19-9-8-18-2/h3-7,10-11,17H,8-9H2,1-2H3. The van der Waals surface area contributed by atoms with E-state index in [2.05, 4.69) is 21.2 Å². The molecule has 0 fully saturated rings. The van der Waals surface area contributed by atoms with E-state index in [0.717, 1.165) is 21.9 Å². The molecule has 0 amide bonds. The molecule has 1 heterocycles. The van der Waals surface area contributed by atoms with Crippen molar-refractivity contribution in [3.05, 3.63) is 46.8 Å². The van der Waals surface area contributed by atoms with Crippen molar-refractivity contribution in [1.29, 1.82) is 0 Å². The highest BCUT2D eigenvalue weighted by Gasteiger charge is 2.09. The molecule has 0 bridgehead atoms. The number of anilines is 1. The van der Waals surface area contributed by atoms with Crippen molar-refractivity contribution in [3.8, 4) is 5.75 Å². The minimum atomic E-state index is 0.0792. The van der Waals surface area contributed by atoms with Gasteiger partial charge in [-0.15, -0.1) is 0 Å². The maximum absolute atomic E-state index is 5.58. The van der Waals surface area contributed by atoms with Crippen molar-refractivity contribution in [2.24, 2.45) is 0 Å². The topological polar surface area (TPSA) is 43.6 Å². The Hall–Kier alpha value is -1.46. The zero-order chi connectivity index (χ0) is 14.4. The zero-order valence-electron chi connectivity index (χ0n) is 11.6. The smallest absolute Gasteiger partial charge is 0.169 e. The summed E-state index contributed by atoms with van der Waals surface area (Å²) in [6.45, 7) is 3.17. The van der Waals surface area contributed by atoms with Crippen LogP contribution < -0.4 is 10.1 Å². The number of nitrogens with one attached hydrogen (secondary N) is 1. The second-order valence-electron chi connectivity index (χ2n) is 4.38. The van der Waals surface area contributed by atoms with Crippen molar-refractivity contribution >= 4 is 21.6 Å². The summed E-state index contributed by atoms with van der Waals surface area (Å²) < 4.78 is 16.8. The summed E-state index contributed by atoms with van der Waals surface area (Å²) in [6.07, 6.45) is 0. The molecule has 1 aromatic carbocycles. The normalized spacial score (nSPS) is 12.2. The van der Waals surface area contributed by atoms with Crippen molar-refractivity contribution in [2.45, 2.75) is 13.0 Å². The molecule has 1 N–H and O–H groups in total. The lowest BCUT2D eigenvalue weighted by Gasteiger charge is -2.14. The van der Waals surface area contributed by atoms with Gasteiger partial charge in [0, 0.05) is 18.9 Å². The number of furan rings is 1. The highest BCUT2D eigenvalue weighted by atomic mass is 79.9. The van der Waals surface area contributed by atoms with Gasteiger partial charge in [0.15, 0.2) is 4.67 Å². The monoisotopic (exact) mass is 339 g/mol. The molecule has 0 saturated carbocycles. The highest BCUT2D eigenvalue weighted by molar-refractivity contribution is 9.10. The fraction of sp³-hybridized carbons (Fsp3) is 0.333. The Morgan fingerprint density at radius 3 is 2.80 bits per heavy atom. The van der Waals surface area contributed by atoms with Crippen LogP contribution in [0, 0.1) is 0 Å². The third-order valence-electron chi connectivity index (χ3n) is 2.79. The predicted octanol–water partition coefficient (Wildman–Crippen LogP) is 4.24. The SMILES string of the molecule is COCCOc1cccc(NC(C)c2ccc(Br)o2)c1. The Labute approximate surface area is 127 Å². The first-order valence-electron chi connectivity index (χ1n) is 6.42. The Morgan fingerprint density at radius 2 is 2.10 bits per heavy atom. The Balaban J connectivity index is 1.96. The van der Waals surface area contributed by atoms with Crippen LogP contribution in [0.5, 0.6) is 5.75 Å². The third kappa shape index (κ3) is 4.28. The number of benzene rings is 1. The lowest BCUT2D eigenvalue weighted by Crippen LogP contribution is -2.07. The maximum atomic E-state index is 5.58. The first-order valence-corrected chi connectivity index (χ1v) is 7.22. The number of hydrogen-bond donors (Lipinski definition) is 1. The molecule has 1 aromatic heterocycles. The van der Waals surface area contributed by atoms with Crippen molar-refractivity contribution in [2.75, 3.05) is 25.6 Å². The van der Waals surface area contributed by atoms with E-state index >= 15 is 0 Å². The van der Waals surface area contributed by atoms with Crippen LogP contribution in [0.4, 0.5) is 5.69 Å². The molecule has 4 nitrogen and oxygen atoms in total. The summed E-state index contributed by atoms with van der Waals surface area (Å²) in [5.74, 6) is 1.70. The van der Waals surface area contributed by atoms with Crippen LogP contribution in [-0.2, 0) is 4.74 Å². The van der Waals surface area contributed by atoms with Crippen LogP contribution in [0.25, 0.3) is 0 Å². The van der Waals surface area contributed by atoms with Gasteiger partial charge in [-0.1, -0.05) is 6.07 Å². The zero-order valence-corrected chi connectivity index (χ0v) is 13.1. The van der Waals surface area contributed by atoms with Gasteiger partial charge < -0.3 is 19.2 Å². The van der Waals surface area contributed by atoms with Crippen molar-refractivity contribution in [1.82, 2.24) is 0 Å². The lowest BCUT2D eigenvalue weighted by molar-refractivity contribution is 0.146. The van der Waals surface area contributed by atoms with Crippen LogP contribution in [0.15, 0.2) is 45.5 Å². The fourth-order valence-electron chi connectivity index (χ4n) is 1.80. The first-order chi connectivity index (χ1) is 9.69. The Kier molecular flexibility index (Phi) is 5.49. The van der Waals surface area contributed by atoms with Gasteiger partial charge in [0.1, 0.15) is 18.1 Å². The molecule has 0 aliphatic rings. The molecule has 0 aliphatic heterocycles. The molecule has 20 heavy (non-hydrogen) atoms. The largest absolute Gasteiger partial charge is 0.491 e. The molecule has 0 saturated heterocycles. The number of methoxy groups -OCH3 is 1. The number of ether oxygens (including phenoxy) is 2. The Bertz CT molecular complexity index is 541. The third-order valence-corrected chi connectivity index (χ3v) is 3.22. The first kappa shape index (κ1) is 14.9. The molecule has 5 heteroatoms. The summed E-state index contributed by atoms with van der Waals surface area (Å²) in [5, 5.41) is 3.38. The summed E-state index contributed by atoms with van der Waals surface area (Å²) in [4.78, 5) is 0. The average Bonchev–Trinajstić information content (AvgIpc) is 2.86. The molecule has 0 radical (unpaired) electrons. The van der Waals surface area contributed by atoms with E-state index in [-0.39, 0.29) is 6.04 Å². The summed E-state index contributed by atoms with van der Waals surface area (Å²) >= 11 is 3.31. The minimum Gasteiger partial charge on any atom is -0.491 e. The van der Waals surface area contributed by atoms with Gasteiger partial charge in [-0.3, -0.25) is 0 Å². The van der Waals surface area contributed by atoms with E-state index in [0.29, 0.717) is 13.2 Å². The fourth-order valence-corrected chi connectivity index (χ4v) is 2.12. The average molecular weight is 340 g/mol. The van der Waals surface area contributed by atoms with Gasteiger partial charge in [0.05, 0.1) is 12.6 Å². The van der Waals surface area contributed by atoms with Gasteiger partial charge in [0.2, 0.25) is 0 Å². The van der Waals surface area contributed by atoms with Crippen LogP contribution in [0.2, 0.25) is 0 Å². The molecule has 2 aromatic rings. The number of rotatable bonds is 7. The van der Waals surface area contributed by atoms with Gasteiger partial charge >= 0.3 is 0 Å². The van der Waals surface area contributed by atoms with Gasteiger partial charge in [-0.25, -0.2) is 0 Å². The molecule has 0 aliphatic carbocycles. The van der Waals surface area contributed by atoms with Crippen molar-refractivity contribution < 1.29 is 13.9 Å². The highest BCUT2D eigenvalue weighted by Crippen LogP contribution is 2.25. The molecule has 108 valence electrons. The lowest BCUT2D eigenvalue weighted by atomic mass is 10.2. The quantitative estimate of drug-likeness (QED) is 0.766. The van der Waals surface area contributed by atoms with Crippen LogP contribution in [-0.4, -0.2) is 20.3 Å². The molecule has 1 unspecified atom stereocenters. The molecular weight excluding hydrogens is 322 g/mol. The van der Waals surface area contributed by atoms with E-state index in [4.69, 9.17) is 13.9 Å². The van der Waals surface area contributed by atoms with E-state index in [9.17, 15) is 0 Å². The molecule has 2 rings (SSSR count). The van der Waals surface area contributed by atoms with Gasteiger partial charge in [-0.2, -0.15) is 0 Å².